The van der Waals surface area contributed by atoms with E-state index in [1.807, 2.05) is 54.6 Å². The van der Waals surface area contributed by atoms with Crippen LogP contribution >= 0.6 is 0 Å². The molecule has 3 aromatic carbocycles. The Kier molecular flexibility index (Phi) is 9.03. The monoisotopic (exact) mass is 546 g/mol. The lowest BCUT2D eigenvalue weighted by Crippen LogP contribution is -2.42. The van der Waals surface area contributed by atoms with Crippen LogP contribution in [0.2, 0.25) is 0 Å². The zero-order valence-corrected chi connectivity index (χ0v) is 23.8. The van der Waals surface area contributed by atoms with Gasteiger partial charge in [0.15, 0.2) is 5.78 Å². The zero-order chi connectivity index (χ0) is 28.0. The number of nitrogens with zero attached hydrogens (tertiary/aromatic N) is 1. The number of carbonyl (C=O) groups is 2. The van der Waals surface area contributed by atoms with Crippen LogP contribution < -0.4 is 5.32 Å². The molecule has 1 aliphatic rings. The summed E-state index contributed by atoms with van der Waals surface area (Å²) in [5.74, 6) is -0.406. The van der Waals surface area contributed by atoms with Crippen molar-refractivity contribution in [1.29, 1.82) is 0 Å². The number of hydrogen-bond acceptors (Lipinski definition) is 4. The Morgan fingerprint density at radius 2 is 1.54 bits per heavy atom. The van der Waals surface area contributed by atoms with Crippen LogP contribution in [-0.2, 0) is 26.7 Å². The third-order valence-corrected chi connectivity index (χ3v) is 9.29. The Morgan fingerprint density at radius 3 is 2.18 bits per heavy atom. The summed E-state index contributed by atoms with van der Waals surface area (Å²) in [5, 5.41) is 2.93. The summed E-state index contributed by atoms with van der Waals surface area (Å²) in [6, 6.07) is 24.5. The Labute approximate surface area is 232 Å². The first-order valence-electron chi connectivity index (χ1n) is 13.6. The van der Waals surface area contributed by atoms with Crippen LogP contribution in [0.15, 0.2) is 78.9 Å². The van der Waals surface area contributed by atoms with E-state index in [2.05, 4.69) is 26.1 Å². The molecule has 0 saturated carbocycles. The molecule has 0 spiro atoms. The van der Waals surface area contributed by atoms with Crippen molar-refractivity contribution < 1.29 is 18.0 Å². The van der Waals surface area contributed by atoms with Gasteiger partial charge in [0.1, 0.15) is 0 Å². The number of amides is 1. The average molecular weight is 547 g/mol. The minimum Gasteiger partial charge on any atom is -0.326 e. The van der Waals surface area contributed by atoms with E-state index in [9.17, 15) is 18.0 Å². The lowest BCUT2D eigenvalue weighted by Gasteiger charge is -2.30. The minimum atomic E-state index is -3.35. The standard InChI is InChI=1S/C32H38N2O4S/c1-32(2,3)28-16-14-25(15-17-28)30(35)27-12-7-13-29(23-27)33-31(36)26-18-20-34(21-19-26)39(37,38)22-8-11-24-9-5-4-6-10-24/h4-7,9-10,12-17,23,26H,8,11,18-22H2,1-3H3,(H,33,36). The van der Waals surface area contributed by atoms with Crippen molar-refractivity contribution in [3.8, 4) is 0 Å². The summed E-state index contributed by atoms with van der Waals surface area (Å²) in [6.45, 7) is 7.08. The Hall–Kier alpha value is -3.29. The summed E-state index contributed by atoms with van der Waals surface area (Å²) < 4.78 is 27.2. The zero-order valence-electron chi connectivity index (χ0n) is 23.0. The fourth-order valence-corrected chi connectivity index (χ4v) is 6.43. The summed E-state index contributed by atoms with van der Waals surface area (Å²) >= 11 is 0. The molecule has 1 aliphatic heterocycles. The second-order valence-corrected chi connectivity index (χ2v) is 13.4. The van der Waals surface area contributed by atoms with Crippen LogP contribution in [0, 0.1) is 5.92 Å². The van der Waals surface area contributed by atoms with Gasteiger partial charge in [-0.25, -0.2) is 12.7 Å². The van der Waals surface area contributed by atoms with Crippen molar-refractivity contribution in [3.63, 3.8) is 0 Å². The lowest BCUT2D eigenvalue weighted by atomic mass is 9.86. The molecule has 0 aromatic heterocycles. The Morgan fingerprint density at radius 1 is 0.872 bits per heavy atom. The number of rotatable bonds is 9. The van der Waals surface area contributed by atoms with E-state index in [0.717, 1.165) is 17.5 Å². The van der Waals surface area contributed by atoms with Gasteiger partial charge in [0.05, 0.1) is 5.75 Å². The molecule has 7 heteroatoms. The van der Waals surface area contributed by atoms with Crippen molar-refractivity contribution in [2.24, 2.45) is 5.92 Å². The molecule has 1 saturated heterocycles. The number of carbonyl (C=O) groups excluding carboxylic acids is 2. The molecule has 0 atom stereocenters. The maximum Gasteiger partial charge on any atom is 0.227 e. The third-order valence-electron chi connectivity index (χ3n) is 7.33. The van der Waals surface area contributed by atoms with E-state index in [0.29, 0.717) is 49.2 Å². The largest absolute Gasteiger partial charge is 0.326 e. The number of piperidine rings is 1. The maximum absolute atomic E-state index is 13.1. The van der Waals surface area contributed by atoms with Crippen LogP contribution in [0.5, 0.6) is 0 Å². The first kappa shape index (κ1) is 28.7. The minimum absolute atomic E-state index is 0.00841. The topological polar surface area (TPSA) is 83.6 Å². The second-order valence-electron chi connectivity index (χ2n) is 11.3. The van der Waals surface area contributed by atoms with E-state index in [-0.39, 0.29) is 28.8 Å². The molecule has 1 amide bonds. The molecule has 0 radical (unpaired) electrons. The van der Waals surface area contributed by atoms with E-state index in [1.54, 1.807) is 24.3 Å². The predicted octanol–water partition coefficient (Wildman–Crippen LogP) is 5.83. The summed E-state index contributed by atoms with van der Waals surface area (Å²) in [4.78, 5) is 26.0. The van der Waals surface area contributed by atoms with Gasteiger partial charge in [0.2, 0.25) is 15.9 Å². The van der Waals surface area contributed by atoms with Crippen LogP contribution in [0.1, 0.15) is 67.1 Å². The third kappa shape index (κ3) is 7.64. The van der Waals surface area contributed by atoms with Gasteiger partial charge in [0, 0.05) is 35.8 Å². The normalized spacial score (nSPS) is 15.2. The van der Waals surface area contributed by atoms with E-state index < -0.39 is 10.0 Å². The smallest absolute Gasteiger partial charge is 0.227 e. The van der Waals surface area contributed by atoms with Crippen molar-refractivity contribution >= 4 is 27.4 Å². The van der Waals surface area contributed by atoms with Crippen LogP contribution in [-0.4, -0.2) is 43.3 Å². The molecule has 4 rings (SSSR count). The highest BCUT2D eigenvalue weighted by Gasteiger charge is 2.31. The number of sulfonamides is 1. The number of benzene rings is 3. The van der Waals surface area contributed by atoms with Crippen molar-refractivity contribution in [3.05, 3.63) is 101 Å². The van der Waals surface area contributed by atoms with Gasteiger partial charge in [-0.1, -0.05) is 87.5 Å². The van der Waals surface area contributed by atoms with Crippen molar-refractivity contribution in [1.82, 2.24) is 4.31 Å². The molecule has 0 bridgehead atoms. The number of hydrogen-bond donors (Lipinski definition) is 1. The molecule has 0 unspecified atom stereocenters. The van der Waals surface area contributed by atoms with Crippen LogP contribution in [0.4, 0.5) is 5.69 Å². The first-order valence-corrected chi connectivity index (χ1v) is 15.2. The molecule has 0 aliphatic carbocycles. The van der Waals surface area contributed by atoms with E-state index in [4.69, 9.17) is 0 Å². The second kappa shape index (κ2) is 12.3. The van der Waals surface area contributed by atoms with Gasteiger partial charge in [-0.05, 0) is 54.4 Å². The highest BCUT2D eigenvalue weighted by Crippen LogP contribution is 2.25. The van der Waals surface area contributed by atoms with Gasteiger partial charge in [-0.3, -0.25) is 9.59 Å². The lowest BCUT2D eigenvalue weighted by molar-refractivity contribution is -0.120. The predicted molar refractivity (Wildman–Crippen MR) is 156 cm³/mol. The fourth-order valence-electron chi connectivity index (χ4n) is 4.90. The molecule has 206 valence electrons. The van der Waals surface area contributed by atoms with E-state index in [1.165, 1.54) is 4.31 Å². The molecule has 6 nitrogen and oxygen atoms in total. The molecule has 1 fully saturated rings. The molecule has 39 heavy (non-hydrogen) atoms. The molecular formula is C32H38N2O4S. The number of nitrogens with one attached hydrogen (secondary N) is 1. The SMILES string of the molecule is CC(C)(C)c1ccc(C(=O)c2cccc(NC(=O)C3CCN(S(=O)(=O)CCCc4ccccc4)CC3)c2)cc1. The number of ketones is 1. The maximum atomic E-state index is 13.1. The first-order chi connectivity index (χ1) is 18.5. The van der Waals surface area contributed by atoms with Crippen molar-refractivity contribution in [2.45, 2.75) is 51.9 Å². The number of anilines is 1. The van der Waals surface area contributed by atoms with E-state index >= 15 is 0 Å². The molecule has 3 aromatic rings. The van der Waals surface area contributed by atoms with Gasteiger partial charge in [0.25, 0.3) is 0 Å². The molecular weight excluding hydrogens is 508 g/mol. The highest BCUT2D eigenvalue weighted by atomic mass is 32.2. The Balaban J connectivity index is 1.29. The molecule has 1 N–H and O–H groups in total. The highest BCUT2D eigenvalue weighted by molar-refractivity contribution is 7.89. The quantitative estimate of drug-likeness (QED) is 0.343. The van der Waals surface area contributed by atoms with Gasteiger partial charge in [-0.2, -0.15) is 0 Å². The van der Waals surface area contributed by atoms with Crippen molar-refractivity contribution in [2.75, 3.05) is 24.2 Å². The number of aryl methyl sites for hydroxylation is 1. The van der Waals surface area contributed by atoms with Gasteiger partial charge >= 0.3 is 0 Å². The van der Waals surface area contributed by atoms with Crippen LogP contribution in [0.3, 0.4) is 0 Å². The molecule has 1 heterocycles. The fraction of sp³-hybridized carbons (Fsp3) is 0.375. The Bertz CT molecular complexity index is 1390. The average Bonchev–Trinajstić information content (AvgIpc) is 2.93. The summed E-state index contributed by atoms with van der Waals surface area (Å²) in [7, 11) is -3.35. The van der Waals surface area contributed by atoms with Gasteiger partial charge < -0.3 is 5.32 Å². The van der Waals surface area contributed by atoms with Crippen LogP contribution in [0.25, 0.3) is 0 Å². The summed E-state index contributed by atoms with van der Waals surface area (Å²) in [5.41, 5.74) is 3.97. The summed E-state index contributed by atoms with van der Waals surface area (Å²) in [6.07, 6.45) is 2.25. The van der Waals surface area contributed by atoms with Gasteiger partial charge in [-0.15, -0.1) is 0 Å².